The minimum atomic E-state index is -0.0719. The fourth-order valence-electron chi connectivity index (χ4n) is 7.19. The summed E-state index contributed by atoms with van der Waals surface area (Å²) in [6.07, 6.45) is 9.12. The summed E-state index contributed by atoms with van der Waals surface area (Å²) in [5, 5.41) is 9.85. The first kappa shape index (κ1) is 18.8. The summed E-state index contributed by atoms with van der Waals surface area (Å²) in [4.78, 5) is 11.6. The topological polar surface area (TPSA) is 46.5 Å². The molecular formula is C24H34O3. The number of esters is 1. The van der Waals surface area contributed by atoms with Crippen LogP contribution in [0.4, 0.5) is 0 Å². The van der Waals surface area contributed by atoms with E-state index < -0.39 is 0 Å². The van der Waals surface area contributed by atoms with E-state index >= 15 is 0 Å². The number of benzene rings is 1. The number of aryl methyl sites for hydroxylation is 1. The maximum Gasteiger partial charge on any atom is 0.305 e. The van der Waals surface area contributed by atoms with Crippen LogP contribution in [0.3, 0.4) is 0 Å². The van der Waals surface area contributed by atoms with Gasteiger partial charge in [0.2, 0.25) is 0 Å². The van der Waals surface area contributed by atoms with Crippen molar-refractivity contribution in [2.24, 2.45) is 29.1 Å². The van der Waals surface area contributed by atoms with E-state index in [4.69, 9.17) is 4.74 Å². The first-order valence-electron chi connectivity index (χ1n) is 10.8. The highest BCUT2D eigenvalue weighted by molar-refractivity contribution is 5.69. The summed E-state index contributed by atoms with van der Waals surface area (Å²) in [5.41, 5.74) is 3.31. The molecule has 0 aromatic heterocycles. The number of fused-ring (bicyclic) bond motifs is 5. The van der Waals surface area contributed by atoms with Crippen molar-refractivity contribution in [2.75, 3.05) is 7.11 Å². The summed E-state index contributed by atoms with van der Waals surface area (Å²) in [7, 11) is 1.49. The monoisotopic (exact) mass is 370 g/mol. The Morgan fingerprint density at radius 3 is 2.89 bits per heavy atom. The zero-order valence-electron chi connectivity index (χ0n) is 17.0. The lowest BCUT2D eigenvalue weighted by molar-refractivity contribution is -0.141. The van der Waals surface area contributed by atoms with Crippen molar-refractivity contribution in [3.8, 4) is 5.75 Å². The molecule has 3 aliphatic carbocycles. The van der Waals surface area contributed by atoms with Gasteiger partial charge in [0, 0.05) is 6.42 Å². The number of ether oxygens (including phenoxy) is 1. The van der Waals surface area contributed by atoms with E-state index in [9.17, 15) is 9.90 Å². The van der Waals surface area contributed by atoms with Gasteiger partial charge in [-0.2, -0.15) is 0 Å². The van der Waals surface area contributed by atoms with Gasteiger partial charge in [-0.15, -0.1) is 0 Å². The highest BCUT2D eigenvalue weighted by atomic mass is 16.5. The molecule has 0 heterocycles. The number of phenols is 1. The molecule has 3 heteroatoms. The largest absolute Gasteiger partial charge is 0.508 e. The number of phenolic OH excluding ortho intramolecular Hbond substituents is 1. The van der Waals surface area contributed by atoms with Gasteiger partial charge >= 0.3 is 5.97 Å². The smallest absolute Gasteiger partial charge is 0.305 e. The molecule has 0 saturated heterocycles. The Labute approximate surface area is 163 Å². The van der Waals surface area contributed by atoms with Gasteiger partial charge in [-0.05, 0) is 103 Å². The Morgan fingerprint density at radius 1 is 1.30 bits per heavy atom. The fraction of sp³-hybridized carbons (Fsp3) is 0.708. The molecule has 2 fully saturated rings. The lowest BCUT2D eigenvalue weighted by Crippen LogP contribution is -2.43. The molecule has 0 radical (unpaired) electrons. The molecule has 1 aromatic rings. The van der Waals surface area contributed by atoms with Crippen LogP contribution < -0.4 is 0 Å². The molecule has 0 bridgehead atoms. The lowest BCUT2D eigenvalue weighted by Gasteiger charge is -2.52. The molecule has 0 amide bonds. The van der Waals surface area contributed by atoms with E-state index in [1.165, 1.54) is 50.3 Å². The Balaban J connectivity index is 1.51. The fourth-order valence-corrected chi connectivity index (χ4v) is 7.19. The van der Waals surface area contributed by atoms with Crippen LogP contribution in [0.15, 0.2) is 18.2 Å². The Kier molecular flexibility index (Phi) is 4.98. The molecular weight excluding hydrogens is 336 g/mol. The second-order valence-electron chi connectivity index (χ2n) is 9.62. The zero-order valence-corrected chi connectivity index (χ0v) is 17.0. The Hall–Kier alpha value is -1.51. The van der Waals surface area contributed by atoms with E-state index in [-0.39, 0.29) is 5.97 Å². The molecule has 0 aliphatic heterocycles. The first-order chi connectivity index (χ1) is 12.9. The standard InChI is InChI=1S/C24H34O3/c1-15(4-11-23(26)27-3)21-9-10-22-20-7-5-16-14-17(25)6-8-18(16)19(20)12-13-24(21,22)2/h6,8,14-15,19-22,25H,4-5,7,9-13H2,1-3H3. The molecule has 3 nitrogen and oxygen atoms in total. The summed E-state index contributed by atoms with van der Waals surface area (Å²) >= 11 is 0. The SMILES string of the molecule is COC(=O)CCC(C)C1CCC2C3CCc4cc(O)ccc4C3CCC12C. The van der Waals surface area contributed by atoms with Crippen molar-refractivity contribution in [1.29, 1.82) is 0 Å². The lowest BCUT2D eigenvalue weighted by atomic mass is 9.53. The average Bonchev–Trinajstić information content (AvgIpc) is 3.02. The molecule has 4 rings (SSSR count). The maximum absolute atomic E-state index is 11.6. The minimum Gasteiger partial charge on any atom is -0.508 e. The first-order valence-corrected chi connectivity index (χ1v) is 10.8. The molecule has 1 aromatic carbocycles. The zero-order chi connectivity index (χ0) is 19.2. The van der Waals surface area contributed by atoms with Crippen LogP contribution in [0.1, 0.15) is 75.8 Å². The number of methoxy groups -OCH3 is 1. The third-order valence-electron chi connectivity index (χ3n) is 8.50. The van der Waals surface area contributed by atoms with Crippen molar-refractivity contribution in [2.45, 2.75) is 71.1 Å². The van der Waals surface area contributed by atoms with Crippen LogP contribution in [0.5, 0.6) is 5.75 Å². The van der Waals surface area contributed by atoms with Gasteiger partial charge < -0.3 is 9.84 Å². The van der Waals surface area contributed by atoms with Gasteiger partial charge in [0.25, 0.3) is 0 Å². The summed E-state index contributed by atoms with van der Waals surface area (Å²) in [5.74, 6) is 3.93. The van der Waals surface area contributed by atoms with Crippen molar-refractivity contribution in [1.82, 2.24) is 0 Å². The highest BCUT2D eigenvalue weighted by Crippen LogP contribution is 2.64. The van der Waals surface area contributed by atoms with E-state index in [2.05, 4.69) is 19.9 Å². The van der Waals surface area contributed by atoms with Gasteiger partial charge in [0.1, 0.15) is 5.75 Å². The second-order valence-corrected chi connectivity index (χ2v) is 9.62. The summed E-state index contributed by atoms with van der Waals surface area (Å²) < 4.78 is 4.85. The van der Waals surface area contributed by atoms with Crippen LogP contribution in [0, 0.1) is 29.1 Å². The predicted octanol–water partition coefficient (Wildman–Crippen LogP) is 5.45. The highest BCUT2D eigenvalue weighted by Gasteiger charge is 2.55. The summed E-state index contributed by atoms with van der Waals surface area (Å²) in [6.45, 7) is 4.90. The van der Waals surface area contributed by atoms with Gasteiger partial charge in [-0.25, -0.2) is 0 Å². The molecule has 6 unspecified atom stereocenters. The molecule has 1 N–H and O–H groups in total. The van der Waals surface area contributed by atoms with Crippen LogP contribution in [0.25, 0.3) is 0 Å². The second kappa shape index (κ2) is 7.14. The molecule has 2 saturated carbocycles. The Bertz CT molecular complexity index is 712. The van der Waals surface area contributed by atoms with E-state index in [0.717, 1.165) is 30.6 Å². The minimum absolute atomic E-state index is 0.0719. The predicted molar refractivity (Wildman–Crippen MR) is 107 cm³/mol. The number of aromatic hydroxyl groups is 1. The van der Waals surface area contributed by atoms with Crippen molar-refractivity contribution in [3.05, 3.63) is 29.3 Å². The number of rotatable bonds is 4. The molecule has 148 valence electrons. The van der Waals surface area contributed by atoms with Crippen molar-refractivity contribution in [3.63, 3.8) is 0 Å². The van der Waals surface area contributed by atoms with Crippen molar-refractivity contribution >= 4 is 5.97 Å². The van der Waals surface area contributed by atoms with Crippen LogP contribution in [-0.4, -0.2) is 18.2 Å². The van der Waals surface area contributed by atoms with Crippen molar-refractivity contribution < 1.29 is 14.6 Å². The quantitative estimate of drug-likeness (QED) is 0.717. The maximum atomic E-state index is 11.6. The van der Waals surface area contributed by atoms with Gasteiger partial charge in [-0.3, -0.25) is 4.79 Å². The van der Waals surface area contributed by atoms with Crippen LogP contribution in [-0.2, 0) is 16.0 Å². The third kappa shape index (κ3) is 3.17. The number of hydrogen-bond donors (Lipinski definition) is 1. The Morgan fingerprint density at radius 2 is 2.11 bits per heavy atom. The van der Waals surface area contributed by atoms with E-state index in [0.29, 0.717) is 29.4 Å². The van der Waals surface area contributed by atoms with E-state index in [1.807, 2.05) is 12.1 Å². The molecule has 0 spiro atoms. The van der Waals surface area contributed by atoms with E-state index in [1.54, 1.807) is 0 Å². The molecule has 27 heavy (non-hydrogen) atoms. The molecule has 6 atom stereocenters. The number of carbonyl (C=O) groups is 1. The van der Waals surface area contributed by atoms with Gasteiger partial charge in [0.05, 0.1) is 7.11 Å². The molecule has 3 aliphatic rings. The third-order valence-corrected chi connectivity index (χ3v) is 8.50. The summed E-state index contributed by atoms with van der Waals surface area (Å²) in [6, 6.07) is 6.06. The van der Waals surface area contributed by atoms with Gasteiger partial charge in [0.15, 0.2) is 0 Å². The average molecular weight is 371 g/mol. The van der Waals surface area contributed by atoms with Crippen LogP contribution >= 0.6 is 0 Å². The normalized spacial score (nSPS) is 35.7. The number of hydrogen-bond acceptors (Lipinski definition) is 3. The van der Waals surface area contributed by atoms with Crippen LogP contribution in [0.2, 0.25) is 0 Å². The number of carbonyl (C=O) groups excluding carboxylic acids is 1. The van der Waals surface area contributed by atoms with Gasteiger partial charge in [-0.1, -0.05) is 19.9 Å².